The number of carbonyl (C=O) groups is 1. The average Bonchev–Trinajstić information content (AvgIpc) is 2.51. The number of aliphatic hydroxyl groups excluding tert-OH is 1. The van der Waals surface area contributed by atoms with E-state index in [-0.39, 0.29) is 23.6 Å². The van der Waals surface area contributed by atoms with Gasteiger partial charge in [-0.05, 0) is 13.0 Å². The van der Waals surface area contributed by atoms with E-state index < -0.39 is 10.8 Å². The Morgan fingerprint density at radius 3 is 2.86 bits per heavy atom. The highest BCUT2D eigenvalue weighted by Crippen LogP contribution is 2.17. The van der Waals surface area contributed by atoms with Crippen molar-refractivity contribution in [2.24, 2.45) is 0 Å². The van der Waals surface area contributed by atoms with Gasteiger partial charge in [-0.2, -0.15) is 5.26 Å². The Balaban J connectivity index is 2.90. The minimum Gasteiger partial charge on any atom is -0.395 e. The van der Waals surface area contributed by atoms with Crippen LogP contribution in [0.2, 0.25) is 0 Å². The molecule has 8 heteroatoms. The largest absolute Gasteiger partial charge is 0.395 e. The van der Waals surface area contributed by atoms with Gasteiger partial charge < -0.3 is 15.3 Å². The third-order valence-electron chi connectivity index (χ3n) is 2.78. The molecule has 0 unspecified atom stereocenters. The molecule has 0 aliphatic heterocycles. The molecule has 1 rings (SSSR count). The summed E-state index contributed by atoms with van der Waals surface area (Å²) < 4.78 is 0. The van der Waals surface area contributed by atoms with Crippen molar-refractivity contribution in [3.63, 3.8) is 0 Å². The van der Waals surface area contributed by atoms with Gasteiger partial charge in [-0.1, -0.05) is 6.07 Å². The molecule has 2 N–H and O–H groups in total. The van der Waals surface area contributed by atoms with Gasteiger partial charge in [0.05, 0.1) is 11.5 Å². The number of nitro benzene ring substituents is 1. The molecule has 8 nitrogen and oxygen atoms in total. The zero-order chi connectivity index (χ0) is 16.5. The second kappa shape index (κ2) is 8.39. The van der Waals surface area contributed by atoms with Crippen LogP contribution in [0.5, 0.6) is 0 Å². The number of aliphatic hydroxyl groups is 1. The zero-order valence-electron chi connectivity index (χ0n) is 12.0. The molecule has 1 aromatic carbocycles. The molecule has 0 spiro atoms. The fraction of sp³-hybridized carbons (Fsp3) is 0.286. The standard InChI is InChI=1S/C14H16N4O4/c1-2-17(6-7-19)10-11(9-15)14(20)16-12-4-3-5-13(8-12)18(21)22/h3-5,8,10,19H,2,6-7H2,1H3,(H,16,20)/b11-10-. The van der Waals surface area contributed by atoms with Gasteiger partial charge in [0.2, 0.25) is 0 Å². The third kappa shape index (κ3) is 4.88. The van der Waals surface area contributed by atoms with E-state index in [1.54, 1.807) is 11.0 Å². The van der Waals surface area contributed by atoms with Crippen LogP contribution in [0.4, 0.5) is 11.4 Å². The normalized spacial score (nSPS) is 10.7. The number of carbonyl (C=O) groups excluding carboxylic acids is 1. The summed E-state index contributed by atoms with van der Waals surface area (Å²) in [6.45, 7) is 2.54. The summed E-state index contributed by atoms with van der Waals surface area (Å²) in [6.07, 6.45) is 1.35. The number of amides is 1. The van der Waals surface area contributed by atoms with Gasteiger partial charge >= 0.3 is 0 Å². The summed E-state index contributed by atoms with van der Waals surface area (Å²) in [5.74, 6) is -0.667. The van der Waals surface area contributed by atoms with Crippen LogP contribution >= 0.6 is 0 Å². The molecule has 0 saturated carbocycles. The van der Waals surface area contributed by atoms with Crippen LogP contribution in [0, 0.1) is 21.4 Å². The minimum absolute atomic E-state index is 0.102. The number of anilines is 1. The first-order chi connectivity index (χ1) is 10.5. The lowest BCUT2D eigenvalue weighted by Gasteiger charge is -2.17. The van der Waals surface area contributed by atoms with E-state index in [2.05, 4.69) is 5.32 Å². The summed E-state index contributed by atoms with van der Waals surface area (Å²) in [5.41, 5.74) is -0.0804. The van der Waals surface area contributed by atoms with Gasteiger partial charge in [0.25, 0.3) is 11.6 Å². The second-order valence-corrected chi connectivity index (χ2v) is 4.27. The number of hydrogen-bond donors (Lipinski definition) is 2. The molecule has 0 heterocycles. The molecular formula is C14H16N4O4. The molecule has 116 valence electrons. The number of benzene rings is 1. The highest BCUT2D eigenvalue weighted by Gasteiger charge is 2.13. The Morgan fingerprint density at radius 1 is 1.59 bits per heavy atom. The van der Waals surface area contributed by atoms with Crippen molar-refractivity contribution in [3.05, 3.63) is 46.2 Å². The van der Waals surface area contributed by atoms with Gasteiger partial charge in [0, 0.05) is 37.1 Å². The monoisotopic (exact) mass is 304 g/mol. The van der Waals surface area contributed by atoms with E-state index in [0.717, 1.165) is 0 Å². The fourth-order valence-electron chi connectivity index (χ4n) is 1.66. The number of nitriles is 1. The summed E-state index contributed by atoms with van der Waals surface area (Å²) in [6, 6.07) is 7.21. The Kier molecular flexibility index (Phi) is 6.53. The lowest BCUT2D eigenvalue weighted by atomic mass is 10.2. The van der Waals surface area contributed by atoms with Gasteiger partial charge in [0.15, 0.2) is 0 Å². The molecule has 1 aromatic rings. The number of likely N-dealkylation sites (N-methyl/N-ethyl adjacent to an activating group) is 1. The molecule has 0 bridgehead atoms. The molecule has 22 heavy (non-hydrogen) atoms. The van der Waals surface area contributed by atoms with Gasteiger partial charge in [-0.25, -0.2) is 0 Å². The molecular weight excluding hydrogens is 288 g/mol. The lowest BCUT2D eigenvalue weighted by molar-refractivity contribution is -0.384. The number of non-ortho nitro benzene ring substituents is 1. The molecule has 1 amide bonds. The first-order valence-corrected chi connectivity index (χ1v) is 6.54. The third-order valence-corrected chi connectivity index (χ3v) is 2.78. The van der Waals surface area contributed by atoms with Crippen LogP contribution in [0.3, 0.4) is 0 Å². The van der Waals surface area contributed by atoms with Crippen LogP contribution in [0.15, 0.2) is 36.0 Å². The topological polar surface area (TPSA) is 120 Å². The number of nitro groups is 1. The fourth-order valence-corrected chi connectivity index (χ4v) is 1.66. The SMILES string of the molecule is CCN(/C=C(/C#N)C(=O)Nc1cccc([N+](=O)[O-])c1)CCO. The maximum absolute atomic E-state index is 12.0. The quantitative estimate of drug-likeness (QED) is 0.338. The smallest absolute Gasteiger partial charge is 0.271 e. The van der Waals surface area contributed by atoms with Crippen molar-refractivity contribution in [2.45, 2.75) is 6.92 Å². The van der Waals surface area contributed by atoms with Crippen LogP contribution in [-0.2, 0) is 4.79 Å². The van der Waals surface area contributed by atoms with E-state index in [4.69, 9.17) is 10.4 Å². The molecule has 0 aliphatic rings. The van der Waals surface area contributed by atoms with Gasteiger partial charge in [0.1, 0.15) is 11.6 Å². The predicted molar refractivity (Wildman–Crippen MR) is 79.8 cm³/mol. The molecule has 0 aliphatic carbocycles. The maximum atomic E-state index is 12.0. The van der Waals surface area contributed by atoms with Crippen LogP contribution in [0.25, 0.3) is 0 Å². The van der Waals surface area contributed by atoms with E-state index >= 15 is 0 Å². The predicted octanol–water partition coefficient (Wildman–Crippen LogP) is 1.25. The Hall–Kier alpha value is -2.92. The van der Waals surface area contributed by atoms with Crippen molar-refractivity contribution < 1.29 is 14.8 Å². The Bertz CT molecular complexity index is 622. The van der Waals surface area contributed by atoms with Gasteiger partial charge in [-0.3, -0.25) is 14.9 Å². The van der Waals surface area contributed by atoms with Crippen molar-refractivity contribution in [2.75, 3.05) is 25.0 Å². The molecule has 0 atom stereocenters. The van der Waals surface area contributed by atoms with Crippen molar-refractivity contribution in [1.82, 2.24) is 4.90 Å². The number of rotatable bonds is 7. The summed E-state index contributed by atoms with van der Waals surface area (Å²) >= 11 is 0. The van der Waals surface area contributed by atoms with E-state index in [1.807, 2.05) is 6.92 Å². The van der Waals surface area contributed by atoms with Crippen molar-refractivity contribution >= 4 is 17.3 Å². The molecule has 0 radical (unpaired) electrons. The lowest BCUT2D eigenvalue weighted by Crippen LogP contribution is -2.23. The van der Waals surface area contributed by atoms with E-state index in [1.165, 1.54) is 30.5 Å². The van der Waals surface area contributed by atoms with Crippen LogP contribution in [-0.4, -0.2) is 40.5 Å². The number of nitrogens with one attached hydrogen (secondary N) is 1. The van der Waals surface area contributed by atoms with Crippen LogP contribution in [0.1, 0.15) is 6.92 Å². The van der Waals surface area contributed by atoms with E-state index in [9.17, 15) is 14.9 Å². The number of hydrogen-bond acceptors (Lipinski definition) is 6. The average molecular weight is 304 g/mol. The maximum Gasteiger partial charge on any atom is 0.271 e. The summed E-state index contributed by atoms with van der Waals surface area (Å²) in [7, 11) is 0. The zero-order valence-corrected chi connectivity index (χ0v) is 12.0. The Morgan fingerprint density at radius 2 is 2.32 bits per heavy atom. The van der Waals surface area contributed by atoms with Crippen LogP contribution < -0.4 is 5.32 Å². The first-order valence-electron chi connectivity index (χ1n) is 6.54. The second-order valence-electron chi connectivity index (χ2n) is 4.27. The molecule has 0 saturated heterocycles. The Labute approximate surface area is 127 Å². The highest BCUT2D eigenvalue weighted by molar-refractivity contribution is 6.06. The first kappa shape index (κ1) is 17.1. The summed E-state index contributed by atoms with van der Waals surface area (Å²) in [5, 5.41) is 31.1. The van der Waals surface area contributed by atoms with E-state index in [0.29, 0.717) is 13.1 Å². The highest BCUT2D eigenvalue weighted by atomic mass is 16.6. The number of nitrogens with zero attached hydrogens (tertiary/aromatic N) is 3. The van der Waals surface area contributed by atoms with Crippen molar-refractivity contribution in [1.29, 1.82) is 5.26 Å². The summed E-state index contributed by atoms with van der Waals surface area (Å²) in [4.78, 5) is 23.7. The minimum atomic E-state index is -0.667. The van der Waals surface area contributed by atoms with Crippen molar-refractivity contribution in [3.8, 4) is 6.07 Å². The molecule has 0 fully saturated rings. The van der Waals surface area contributed by atoms with Gasteiger partial charge in [-0.15, -0.1) is 0 Å². The molecule has 0 aromatic heterocycles.